The SMILES string of the molecule is C=CCN(C(=O)C1N([C@@H](CO)[C@@H](C)CC)C(=O)[C@@H]2[C@H](C(=O)N(CC=C)c3ccc(OCC)cc3)[C@]3(CC)CCC12O3)c1ccc2ccccc2c1. The molecule has 0 radical (unpaired) electrons. The van der Waals surface area contributed by atoms with Crippen LogP contribution in [0.15, 0.2) is 92.0 Å². The number of carbonyl (C=O) groups excluding carboxylic acids is 3. The van der Waals surface area contributed by atoms with Gasteiger partial charge in [0, 0.05) is 24.5 Å². The second kappa shape index (κ2) is 14.6. The first-order chi connectivity index (χ1) is 24.6. The van der Waals surface area contributed by atoms with Crippen LogP contribution in [-0.2, 0) is 19.1 Å². The second-order valence-corrected chi connectivity index (χ2v) is 14.1. The normalized spacial score (nSPS) is 26.1. The Hall–Kier alpha value is -4.47. The second-order valence-electron chi connectivity index (χ2n) is 14.1. The molecule has 2 unspecified atom stereocenters. The summed E-state index contributed by atoms with van der Waals surface area (Å²) in [5, 5.41) is 12.9. The van der Waals surface area contributed by atoms with Crippen LogP contribution in [0.4, 0.5) is 11.4 Å². The van der Waals surface area contributed by atoms with E-state index in [4.69, 9.17) is 9.47 Å². The van der Waals surface area contributed by atoms with Gasteiger partial charge in [-0.05, 0) is 79.3 Å². The van der Waals surface area contributed by atoms with Crippen LogP contribution in [0.3, 0.4) is 0 Å². The van der Waals surface area contributed by atoms with Crippen molar-refractivity contribution in [2.45, 2.75) is 76.7 Å². The molecule has 1 spiro atoms. The summed E-state index contributed by atoms with van der Waals surface area (Å²) in [7, 11) is 0. The molecule has 1 N–H and O–H groups in total. The molecule has 3 aromatic carbocycles. The fraction of sp³-hybridized carbons (Fsp3) is 0.452. The third-order valence-electron chi connectivity index (χ3n) is 11.6. The maximum atomic E-state index is 15.3. The van der Waals surface area contributed by atoms with Crippen molar-refractivity contribution in [2.24, 2.45) is 17.8 Å². The Morgan fingerprint density at radius 2 is 1.61 bits per heavy atom. The standard InChI is InChI=1S/C42H51N3O6/c1-7-24-43(31-18-20-33(21-19-31)50-11-5)38(47)35-36-39(48)45(34(27-46)28(6)9-3)37(42(36)23-22-41(35,10-4)51-42)40(49)44(25-8-2)32-17-16-29-14-12-13-15-30(29)26-32/h7-8,12-21,26,28,34-37,46H,1-2,9-11,22-25,27H2,3-6H3/t28-,34-,35+,36-,37?,41-,42?/m0/s1. The summed E-state index contributed by atoms with van der Waals surface area (Å²) in [5.74, 6) is -2.05. The zero-order valence-electron chi connectivity index (χ0n) is 30.3. The summed E-state index contributed by atoms with van der Waals surface area (Å²) in [6.07, 6.45) is 5.50. The average molecular weight is 694 g/mol. The molecule has 3 heterocycles. The largest absolute Gasteiger partial charge is 0.494 e. The molecule has 3 aliphatic heterocycles. The van der Waals surface area contributed by atoms with E-state index in [1.165, 1.54) is 0 Å². The van der Waals surface area contributed by atoms with Crippen LogP contribution in [0, 0.1) is 17.8 Å². The van der Waals surface area contributed by atoms with Gasteiger partial charge >= 0.3 is 0 Å². The molecule has 270 valence electrons. The van der Waals surface area contributed by atoms with E-state index in [1.807, 2.05) is 94.4 Å². The van der Waals surface area contributed by atoms with Crippen molar-refractivity contribution in [2.75, 3.05) is 36.1 Å². The van der Waals surface area contributed by atoms with E-state index in [0.29, 0.717) is 49.4 Å². The number of benzene rings is 3. The van der Waals surface area contributed by atoms with Gasteiger partial charge in [-0.3, -0.25) is 14.4 Å². The molecule has 7 atom stereocenters. The van der Waals surface area contributed by atoms with E-state index in [0.717, 1.165) is 10.8 Å². The quantitative estimate of drug-likeness (QED) is 0.182. The van der Waals surface area contributed by atoms with Crippen molar-refractivity contribution in [1.29, 1.82) is 0 Å². The minimum absolute atomic E-state index is 0.120. The summed E-state index contributed by atoms with van der Waals surface area (Å²) in [6.45, 7) is 16.4. The van der Waals surface area contributed by atoms with Crippen LogP contribution in [0.1, 0.15) is 53.4 Å². The molecule has 3 aromatic rings. The first-order valence-electron chi connectivity index (χ1n) is 18.3. The Morgan fingerprint density at radius 1 is 0.961 bits per heavy atom. The maximum absolute atomic E-state index is 15.3. The number of fused-ring (bicyclic) bond motifs is 2. The number of aliphatic hydroxyl groups excluding tert-OH is 1. The van der Waals surface area contributed by atoms with E-state index in [-0.39, 0.29) is 43.3 Å². The Morgan fingerprint density at radius 3 is 2.22 bits per heavy atom. The van der Waals surface area contributed by atoms with E-state index in [1.54, 1.807) is 26.9 Å². The minimum atomic E-state index is -1.26. The lowest BCUT2D eigenvalue weighted by Gasteiger charge is -2.41. The summed E-state index contributed by atoms with van der Waals surface area (Å²) in [5.41, 5.74) is -0.875. The van der Waals surface area contributed by atoms with E-state index >= 15 is 14.4 Å². The molecule has 3 aliphatic rings. The minimum Gasteiger partial charge on any atom is -0.494 e. The third-order valence-corrected chi connectivity index (χ3v) is 11.6. The highest BCUT2D eigenvalue weighted by Gasteiger charge is 2.79. The van der Waals surface area contributed by atoms with Crippen molar-refractivity contribution in [3.05, 3.63) is 92.0 Å². The van der Waals surface area contributed by atoms with Crippen LogP contribution in [0.5, 0.6) is 5.75 Å². The first kappa shape index (κ1) is 36.3. The molecule has 9 heteroatoms. The van der Waals surface area contributed by atoms with Gasteiger partial charge in [0.25, 0.3) is 5.91 Å². The summed E-state index contributed by atoms with van der Waals surface area (Å²) in [4.78, 5) is 50.4. The Balaban J connectivity index is 1.48. The van der Waals surface area contributed by atoms with Crippen LogP contribution < -0.4 is 14.5 Å². The Kier molecular flexibility index (Phi) is 10.4. The smallest absolute Gasteiger partial charge is 0.253 e. The zero-order chi connectivity index (χ0) is 36.5. The summed E-state index contributed by atoms with van der Waals surface area (Å²) < 4.78 is 12.8. The maximum Gasteiger partial charge on any atom is 0.253 e. The fourth-order valence-corrected chi connectivity index (χ4v) is 8.93. The summed E-state index contributed by atoms with van der Waals surface area (Å²) in [6, 6.07) is 19.4. The molecule has 2 bridgehead atoms. The number of ether oxygens (including phenoxy) is 2. The van der Waals surface area contributed by atoms with Crippen molar-refractivity contribution < 1.29 is 29.0 Å². The van der Waals surface area contributed by atoms with Gasteiger partial charge in [0.15, 0.2) is 0 Å². The predicted octanol–water partition coefficient (Wildman–Crippen LogP) is 6.54. The van der Waals surface area contributed by atoms with Crippen LogP contribution in [0.25, 0.3) is 10.8 Å². The molecule has 0 saturated carbocycles. The number of rotatable bonds is 15. The van der Waals surface area contributed by atoms with E-state index < -0.39 is 35.1 Å². The van der Waals surface area contributed by atoms with Gasteiger partial charge in [-0.15, -0.1) is 13.2 Å². The number of nitrogens with zero attached hydrogens (tertiary/aromatic N) is 3. The van der Waals surface area contributed by atoms with Crippen LogP contribution in [-0.4, -0.2) is 77.3 Å². The molecule has 3 amide bonds. The molecule has 9 nitrogen and oxygen atoms in total. The predicted molar refractivity (Wildman–Crippen MR) is 201 cm³/mol. The molecule has 51 heavy (non-hydrogen) atoms. The lowest BCUT2D eigenvalue weighted by Crippen LogP contribution is -2.60. The van der Waals surface area contributed by atoms with Crippen molar-refractivity contribution >= 4 is 39.9 Å². The van der Waals surface area contributed by atoms with E-state index in [2.05, 4.69) is 13.2 Å². The van der Waals surface area contributed by atoms with Gasteiger partial charge in [0.2, 0.25) is 11.8 Å². The van der Waals surface area contributed by atoms with Crippen LogP contribution in [0.2, 0.25) is 0 Å². The number of likely N-dealkylation sites (tertiary alicyclic amines) is 1. The van der Waals surface area contributed by atoms with E-state index in [9.17, 15) is 5.11 Å². The highest BCUT2D eigenvalue weighted by atomic mass is 16.5. The third kappa shape index (κ3) is 5.94. The zero-order valence-corrected chi connectivity index (χ0v) is 30.3. The molecule has 0 aliphatic carbocycles. The highest BCUT2D eigenvalue weighted by molar-refractivity contribution is 6.07. The topological polar surface area (TPSA) is 99.6 Å². The lowest BCUT2D eigenvalue weighted by molar-refractivity contribution is -0.150. The molecular weight excluding hydrogens is 642 g/mol. The molecule has 3 saturated heterocycles. The average Bonchev–Trinajstić information content (AvgIpc) is 3.76. The number of aliphatic hydroxyl groups is 1. The van der Waals surface area contributed by atoms with Crippen molar-refractivity contribution in [3.63, 3.8) is 0 Å². The molecule has 6 rings (SSSR count). The fourth-order valence-electron chi connectivity index (χ4n) is 8.93. The Bertz CT molecular complexity index is 1790. The van der Waals surface area contributed by atoms with Crippen molar-refractivity contribution in [3.8, 4) is 5.75 Å². The Labute approximate surface area is 301 Å². The molecule has 0 aromatic heterocycles. The van der Waals surface area contributed by atoms with Gasteiger partial charge in [0.05, 0.1) is 36.7 Å². The van der Waals surface area contributed by atoms with Gasteiger partial charge in [-0.2, -0.15) is 0 Å². The monoisotopic (exact) mass is 693 g/mol. The molecular formula is C42H51N3O6. The number of anilines is 2. The number of hydrogen-bond acceptors (Lipinski definition) is 6. The first-order valence-corrected chi connectivity index (χ1v) is 18.3. The van der Waals surface area contributed by atoms with Gasteiger partial charge in [0.1, 0.15) is 17.4 Å². The van der Waals surface area contributed by atoms with Crippen molar-refractivity contribution in [1.82, 2.24) is 4.90 Å². The summed E-state index contributed by atoms with van der Waals surface area (Å²) >= 11 is 0. The number of hydrogen-bond donors (Lipinski definition) is 1. The number of carbonyl (C=O) groups is 3. The van der Waals surface area contributed by atoms with Gasteiger partial charge < -0.3 is 29.3 Å². The van der Waals surface area contributed by atoms with Gasteiger partial charge in [-0.1, -0.05) is 69.7 Å². The molecule has 3 fully saturated rings. The van der Waals surface area contributed by atoms with Gasteiger partial charge in [-0.25, -0.2) is 0 Å². The van der Waals surface area contributed by atoms with Crippen LogP contribution >= 0.6 is 0 Å². The lowest BCUT2D eigenvalue weighted by atomic mass is 9.64. The highest BCUT2D eigenvalue weighted by Crippen LogP contribution is 2.65. The number of amides is 3.